The van der Waals surface area contributed by atoms with Gasteiger partial charge in [-0.1, -0.05) is 0 Å². The Kier molecular flexibility index (Phi) is 7.41. The van der Waals surface area contributed by atoms with E-state index < -0.39 is 6.09 Å². The van der Waals surface area contributed by atoms with Crippen molar-refractivity contribution in [1.29, 1.82) is 0 Å². The Labute approximate surface area is 220 Å². The van der Waals surface area contributed by atoms with E-state index in [1.807, 2.05) is 19.3 Å². The summed E-state index contributed by atoms with van der Waals surface area (Å²) in [6, 6.07) is 8.59. The number of anilines is 1. The van der Waals surface area contributed by atoms with Crippen LogP contribution >= 0.6 is 0 Å². The minimum Gasteiger partial charge on any atom is -0.497 e. The minimum absolute atomic E-state index is 0.0152. The van der Waals surface area contributed by atoms with Gasteiger partial charge in [-0.3, -0.25) is 14.4 Å². The van der Waals surface area contributed by atoms with Crippen molar-refractivity contribution in [2.24, 2.45) is 7.05 Å². The van der Waals surface area contributed by atoms with Crippen molar-refractivity contribution < 1.29 is 28.2 Å². The van der Waals surface area contributed by atoms with Crippen LogP contribution in [0.1, 0.15) is 42.3 Å². The third kappa shape index (κ3) is 5.12. The van der Waals surface area contributed by atoms with Crippen LogP contribution in [0.5, 0.6) is 5.75 Å². The number of hydrogen-bond donors (Lipinski definition) is 0. The van der Waals surface area contributed by atoms with E-state index in [0.717, 1.165) is 24.0 Å². The first-order chi connectivity index (χ1) is 18.5. The summed E-state index contributed by atoms with van der Waals surface area (Å²) in [5.74, 6) is 0.260. The Balaban J connectivity index is 1.64. The molecule has 1 aliphatic heterocycles. The van der Waals surface area contributed by atoms with Crippen molar-refractivity contribution in [3.63, 3.8) is 0 Å². The second-order valence-corrected chi connectivity index (χ2v) is 9.09. The summed E-state index contributed by atoms with van der Waals surface area (Å²) in [6.45, 7) is 2.93. The first-order valence-electron chi connectivity index (χ1n) is 12.6. The van der Waals surface area contributed by atoms with E-state index in [2.05, 4.69) is 10.1 Å². The Morgan fingerprint density at radius 3 is 2.66 bits per heavy atom. The molecule has 10 nitrogen and oxygen atoms in total. The number of rotatable bonds is 9. The number of ketones is 1. The lowest BCUT2D eigenvalue weighted by molar-refractivity contribution is 0.101. The molecule has 0 N–H and O–H groups in total. The predicted molar refractivity (Wildman–Crippen MR) is 141 cm³/mol. The van der Waals surface area contributed by atoms with Crippen molar-refractivity contribution in [3.05, 3.63) is 60.2 Å². The van der Waals surface area contributed by atoms with Gasteiger partial charge in [0.2, 0.25) is 17.3 Å². The van der Waals surface area contributed by atoms with Crippen molar-refractivity contribution in [3.8, 4) is 16.9 Å². The Morgan fingerprint density at radius 2 is 2.00 bits per heavy atom. The number of aryl methyl sites for hydroxylation is 1. The minimum atomic E-state index is -0.566. The summed E-state index contributed by atoms with van der Waals surface area (Å²) in [5, 5.41) is 4.78. The van der Waals surface area contributed by atoms with Crippen LogP contribution in [-0.2, 0) is 16.5 Å². The highest BCUT2D eigenvalue weighted by atomic mass is 16.6. The lowest BCUT2D eigenvalue weighted by Gasteiger charge is -2.23. The van der Waals surface area contributed by atoms with E-state index in [0.29, 0.717) is 35.4 Å². The van der Waals surface area contributed by atoms with Crippen LogP contribution in [0, 0.1) is 0 Å². The molecular formula is C28H30N4O6. The van der Waals surface area contributed by atoms with Crippen LogP contribution in [0.2, 0.25) is 0 Å². The van der Waals surface area contributed by atoms with E-state index in [9.17, 15) is 9.59 Å². The number of fused-ring (bicyclic) bond motifs is 1. The predicted octanol–water partition coefficient (Wildman–Crippen LogP) is 5.00. The van der Waals surface area contributed by atoms with Gasteiger partial charge >= 0.3 is 6.09 Å². The maximum Gasteiger partial charge on any atom is 0.414 e. The number of methoxy groups -OCH3 is 1. The van der Waals surface area contributed by atoms with Crippen LogP contribution in [0.25, 0.3) is 22.2 Å². The first-order valence-corrected chi connectivity index (χ1v) is 12.6. The van der Waals surface area contributed by atoms with Gasteiger partial charge < -0.3 is 18.6 Å². The third-order valence-corrected chi connectivity index (χ3v) is 6.57. The largest absolute Gasteiger partial charge is 0.497 e. The topological polar surface area (TPSA) is 109 Å². The fraction of sp³-hybridized carbons (Fsp3) is 0.357. The molecule has 10 heteroatoms. The van der Waals surface area contributed by atoms with Gasteiger partial charge in [0.1, 0.15) is 11.4 Å². The lowest BCUT2D eigenvalue weighted by atomic mass is 10.0. The van der Waals surface area contributed by atoms with E-state index in [1.54, 1.807) is 55.4 Å². The SMILES string of the molecule is CCOC(=O)N(CCC1CCCO1)c1c(C(=O)c2ccc(OC)cc2)oc2ncc(-c3cnn(C)c3)cc12. The van der Waals surface area contributed by atoms with Gasteiger partial charge in [-0.2, -0.15) is 5.10 Å². The van der Waals surface area contributed by atoms with Gasteiger partial charge in [0.15, 0.2) is 0 Å². The number of furan rings is 1. The molecule has 4 aromatic rings. The number of benzene rings is 1. The number of amides is 1. The molecule has 1 unspecified atom stereocenters. The summed E-state index contributed by atoms with van der Waals surface area (Å²) in [4.78, 5) is 33.0. The average molecular weight is 519 g/mol. The highest BCUT2D eigenvalue weighted by Crippen LogP contribution is 2.38. The maximum atomic E-state index is 13.8. The van der Waals surface area contributed by atoms with Gasteiger partial charge in [-0.15, -0.1) is 0 Å². The number of aromatic nitrogens is 3. The van der Waals surface area contributed by atoms with E-state index in [-0.39, 0.29) is 36.5 Å². The number of pyridine rings is 1. The fourth-order valence-electron chi connectivity index (χ4n) is 4.63. The van der Waals surface area contributed by atoms with Crippen LogP contribution < -0.4 is 9.64 Å². The Hall–Kier alpha value is -4.18. The molecule has 1 fully saturated rings. The molecule has 0 radical (unpaired) electrons. The molecule has 1 aliphatic rings. The number of hydrogen-bond acceptors (Lipinski definition) is 8. The number of nitrogens with zero attached hydrogens (tertiary/aromatic N) is 4. The molecular weight excluding hydrogens is 488 g/mol. The van der Waals surface area contributed by atoms with Gasteiger partial charge in [0.25, 0.3) is 0 Å². The van der Waals surface area contributed by atoms with Crippen LogP contribution in [0.3, 0.4) is 0 Å². The number of carbonyl (C=O) groups is 2. The zero-order valence-electron chi connectivity index (χ0n) is 21.7. The molecule has 198 valence electrons. The second-order valence-electron chi connectivity index (χ2n) is 9.09. The third-order valence-electron chi connectivity index (χ3n) is 6.57. The Morgan fingerprint density at radius 1 is 1.18 bits per heavy atom. The molecule has 38 heavy (non-hydrogen) atoms. The first kappa shape index (κ1) is 25.5. The van der Waals surface area contributed by atoms with Crippen molar-refractivity contribution in [2.75, 3.05) is 31.8 Å². The highest BCUT2D eigenvalue weighted by Gasteiger charge is 2.32. The monoisotopic (exact) mass is 518 g/mol. The summed E-state index contributed by atoms with van der Waals surface area (Å²) in [7, 11) is 3.39. The maximum absolute atomic E-state index is 13.8. The molecule has 0 spiro atoms. The van der Waals surface area contributed by atoms with Crippen molar-refractivity contribution >= 4 is 28.7 Å². The van der Waals surface area contributed by atoms with Gasteiger partial charge in [0.05, 0.1) is 31.4 Å². The normalized spacial score (nSPS) is 15.1. The van der Waals surface area contributed by atoms with Crippen LogP contribution in [0.4, 0.5) is 10.5 Å². The number of ether oxygens (including phenoxy) is 3. The zero-order valence-corrected chi connectivity index (χ0v) is 21.7. The average Bonchev–Trinajstić information content (AvgIpc) is 3.69. The van der Waals surface area contributed by atoms with E-state index in [1.165, 1.54) is 4.90 Å². The van der Waals surface area contributed by atoms with Gasteiger partial charge in [-0.05, 0) is 56.5 Å². The lowest BCUT2D eigenvalue weighted by Crippen LogP contribution is -2.35. The molecule has 1 aromatic carbocycles. The summed E-state index contributed by atoms with van der Waals surface area (Å²) < 4.78 is 24.2. The molecule has 4 heterocycles. The zero-order chi connectivity index (χ0) is 26.6. The van der Waals surface area contributed by atoms with Crippen LogP contribution in [-0.4, -0.2) is 59.6 Å². The molecule has 0 saturated carbocycles. The molecule has 1 saturated heterocycles. The smallest absolute Gasteiger partial charge is 0.414 e. The van der Waals surface area contributed by atoms with E-state index in [4.69, 9.17) is 18.6 Å². The van der Waals surface area contributed by atoms with Crippen LogP contribution in [0.15, 0.2) is 53.3 Å². The molecule has 0 bridgehead atoms. The fourth-order valence-corrected chi connectivity index (χ4v) is 4.63. The van der Waals surface area contributed by atoms with Crippen molar-refractivity contribution in [1.82, 2.24) is 14.8 Å². The standard InChI is InChI=1S/C28H30N4O6/c1-4-36-28(34)32(12-11-22-6-5-13-37-22)24-23-14-19(20-16-30-31(2)17-20)15-29-27(23)38-26(24)25(33)18-7-9-21(35-3)10-8-18/h7-10,14-17,22H,4-6,11-13H2,1-3H3. The van der Waals surface area contributed by atoms with Gasteiger partial charge in [0, 0.05) is 49.3 Å². The summed E-state index contributed by atoms with van der Waals surface area (Å²) in [6.07, 6.45) is 7.23. The van der Waals surface area contributed by atoms with E-state index >= 15 is 0 Å². The number of carbonyl (C=O) groups excluding carboxylic acids is 2. The molecule has 3 aromatic heterocycles. The summed E-state index contributed by atoms with van der Waals surface area (Å²) in [5.41, 5.74) is 2.59. The highest BCUT2D eigenvalue weighted by molar-refractivity contribution is 6.17. The summed E-state index contributed by atoms with van der Waals surface area (Å²) >= 11 is 0. The molecule has 1 amide bonds. The second kappa shape index (κ2) is 11.1. The van der Waals surface area contributed by atoms with Crippen molar-refractivity contribution in [2.45, 2.75) is 32.3 Å². The Bertz CT molecular complexity index is 1440. The molecule has 1 atom stereocenters. The van der Waals surface area contributed by atoms with Gasteiger partial charge in [-0.25, -0.2) is 9.78 Å². The quantitative estimate of drug-likeness (QED) is 0.285. The molecule has 0 aliphatic carbocycles. The molecule has 5 rings (SSSR count).